The molecule has 0 amide bonds. The number of fused-ring (bicyclic) bond motifs is 6. The minimum absolute atomic E-state index is 0.629. The number of rotatable bonds is 6. The Labute approximate surface area is 329 Å². The Balaban J connectivity index is 1.05. The van der Waals surface area contributed by atoms with Gasteiger partial charge in [0, 0.05) is 32.8 Å². The monoisotopic (exact) mass is 727 g/mol. The van der Waals surface area contributed by atoms with Gasteiger partial charge in [-0.1, -0.05) is 176 Å². The van der Waals surface area contributed by atoms with Crippen LogP contribution in [-0.4, -0.2) is 15.0 Å². The van der Waals surface area contributed by atoms with Gasteiger partial charge in [-0.05, 0) is 73.8 Å². The highest BCUT2D eigenvalue weighted by Gasteiger charge is 2.19. The summed E-state index contributed by atoms with van der Waals surface area (Å²) < 4.78 is 6.75. The van der Waals surface area contributed by atoms with E-state index >= 15 is 0 Å². The van der Waals surface area contributed by atoms with Gasteiger partial charge in [-0.15, -0.1) is 0 Å². The van der Waals surface area contributed by atoms with Gasteiger partial charge in [-0.2, -0.15) is 0 Å². The van der Waals surface area contributed by atoms with E-state index in [0.717, 1.165) is 66.3 Å². The van der Waals surface area contributed by atoms with Gasteiger partial charge in [-0.3, -0.25) is 0 Å². The summed E-state index contributed by atoms with van der Waals surface area (Å²) in [7, 11) is 0. The maximum Gasteiger partial charge on any atom is 0.164 e. The van der Waals surface area contributed by atoms with Crippen molar-refractivity contribution in [2.24, 2.45) is 0 Å². The molecule has 11 aromatic rings. The molecule has 9 aromatic carbocycles. The van der Waals surface area contributed by atoms with E-state index in [4.69, 9.17) is 19.4 Å². The molecule has 0 aliphatic rings. The molecule has 4 nitrogen and oxygen atoms in total. The smallest absolute Gasteiger partial charge is 0.164 e. The van der Waals surface area contributed by atoms with Crippen molar-refractivity contribution in [2.75, 3.05) is 0 Å². The van der Waals surface area contributed by atoms with Crippen molar-refractivity contribution in [3.05, 3.63) is 200 Å². The fourth-order valence-corrected chi connectivity index (χ4v) is 8.21. The van der Waals surface area contributed by atoms with Crippen molar-refractivity contribution < 1.29 is 4.42 Å². The zero-order valence-electron chi connectivity index (χ0n) is 30.8. The summed E-state index contributed by atoms with van der Waals surface area (Å²) in [6.45, 7) is 0. The topological polar surface area (TPSA) is 51.8 Å². The first-order valence-electron chi connectivity index (χ1n) is 19.2. The summed E-state index contributed by atoms with van der Waals surface area (Å²) >= 11 is 0. The summed E-state index contributed by atoms with van der Waals surface area (Å²) in [4.78, 5) is 14.9. The molecular weight excluding hydrogens is 695 g/mol. The van der Waals surface area contributed by atoms with E-state index in [1.807, 2.05) is 60.7 Å². The number of aromatic nitrogens is 3. The number of hydrogen-bond acceptors (Lipinski definition) is 4. The molecule has 0 N–H and O–H groups in total. The Morgan fingerprint density at radius 1 is 0.298 bits per heavy atom. The number of nitrogens with zero attached hydrogens (tertiary/aromatic N) is 3. The van der Waals surface area contributed by atoms with Crippen LogP contribution in [0.4, 0.5) is 0 Å². The third kappa shape index (κ3) is 5.74. The second kappa shape index (κ2) is 13.6. The van der Waals surface area contributed by atoms with Crippen molar-refractivity contribution in [1.29, 1.82) is 0 Å². The van der Waals surface area contributed by atoms with E-state index in [9.17, 15) is 0 Å². The van der Waals surface area contributed by atoms with E-state index in [0.29, 0.717) is 17.5 Å². The molecule has 2 aromatic heterocycles. The summed E-state index contributed by atoms with van der Waals surface area (Å²) in [6, 6.07) is 69.9. The molecule has 0 unspecified atom stereocenters. The Morgan fingerprint density at radius 2 is 0.789 bits per heavy atom. The SMILES string of the molecule is c1ccc(-c2nc(-c3ccccc3)nc(-c3cccc(-c4cccc(-c5cccc6oc7c8ccccc8c(-c8cccc9ccccc89)cc7c56)c4)c3)n2)cc1. The van der Waals surface area contributed by atoms with Crippen LogP contribution in [0.25, 0.3) is 111 Å². The Morgan fingerprint density at radius 3 is 1.51 bits per heavy atom. The van der Waals surface area contributed by atoms with Gasteiger partial charge in [0.15, 0.2) is 17.5 Å². The molecule has 266 valence electrons. The molecule has 0 saturated carbocycles. The van der Waals surface area contributed by atoms with Crippen molar-refractivity contribution in [1.82, 2.24) is 15.0 Å². The lowest BCUT2D eigenvalue weighted by Crippen LogP contribution is -2.00. The normalized spacial score (nSPS) is 11.5. The van der Waals surface area contributed by atoms with Crippen LogP contribution in [0.1, 0.15) is 0 Å². The first-order valence-corrected chi connectivity index (χ1v) is 19.2. The molecule has 2 heterocycles. The third-order valence-electron chi connectivity index (χ3n) is 10.9. The lowest BCUT2D eigenvalue weighted by Gasteiger charge is -2.12. The highest BCUT2D eigenvalue weighted by Crippen LogP contribution is 2.44. The van der Waals surface area contributed by atoms with Crippen LogP contribution >= 0.6 is 0 Å². The molecule has 0 aliphatic carbocycles. The van der Waals surface area contributed by atoms with Crippen molar-refractivity contribution in [2.45, 2.75) is 0 Å². The van der Waals surface area contributed by atoms with Gasteiger partial charge in [0.1, 0.15) is 11.2 Å². The lowest BCUT2D eigenvalue weighted by atomic mass is 9.90. The van der Waals surface area contributed by atoms with Gasteiger partial charge in [0.2, 0.25) is 0 Å². The lowest BCUT2D eigenvalue weighted by molar-refractivity contribution is 0.673. The predicted octanol–water partition coefficient (Wildman–Crippen LogP) is 14.1. The summed E-state index contributed by atoms with van der Waals surface area (Å²) in [5, 5.41) is 6.95. The summed E-state index contributed by atoms with van der Waals surface area (Å²) in [5.74, 6) is 1.91. The van der Waals surface area contributed by atoms with Crippen molar-refractivity contribution in [3.63, 3.8) is 0 Å². The van der Waals surface area contributed by atoms with E-state index in [2.05, 4.69) is 140 Å². The van der Waals surface area contributed by atoms with E-state index in [-0.39, 0.29) is 0 Å². The molecular formula is C53H33N3O. The molecule has 0 aliphatic heterocycles. The number of hydrogen-bond donors (Lipinski definition) is 0. The van der Waals surface area contributed by atoms with Gasteiger partial charge < -0.3 is 4.42 Å². The van der Waals surface area contributed by atoms with Crippen LogP contribution in [0.15, 0.2) is 205 Å². The second-order valence-electron chi connectivity index (χ2n) is 14.4. The molecule has 57 heavy (non-hydrogen) atoms. The zero-order chi connectivity index (χ0) is 37.7. The highest BCUT2D eigenvalue weighted by atomic mass is 16.3. The minimum atomic E-state index is 0.629. The van der Waals surface area contributed by atoms with Crippen LogP contribution in [0, 0.1) is 0 Å². The van der Waals surface area contributed by atoms with E-state index in [1.165, 1.54) is 27.3 Å². The van der Waals surface area contributed by atoms with Crippen LogP contribution < -0.4 is 0 Å². The number of furan rings is 1. The molecule has 0 atom stereocenters. The third-order valence-corrected chi connectivity index (χ3v) is 10.9. The first kappa shape index (κ1) is 32.7. The fourth-order valence-electron chi connectivity index (χ4n) is 8.21. The van der Waals surface area contributed by atoms with Gasteiger partial charge >= 0.3 is 0 Å². The number of benzene rings is 9. The molecule has 0 bridgehead atoms. The maximum atomic E-state index is 6.75. The van der Waals surface area contributed by atoms with Crippen molar-refractivity contribution in [3.8, 4) is 67.5 Å². The predicted molar refractivity (Wildman–Crippen MR) is 235 cm³/mol. The average molecular weight is 728 g/mol. The van der Waals surface area contributed by atoms with Crippen LogP contribution in [0.5, 0.6) is 0 Å². The Bertz CT molecular complexity index is 3230. The Hall–Kier alpha value is -7.69. The average Bonchev–Trinajstić information content (AvgIpc) is 3.68. The van der Waals surface area contributed by atoms with Crippen LogP contribution in [0.2, 0.25) is 0 Å². The summed E-state index contributed by atoms with van der Waals surface area (Å²) in [6.07, 6.45) is 0. The molecule has 4 heteroatoms. The molecule has 0 saturated heterocycles. The van der Waals surface area contributed by atoms with Crippen LogP contribution in [-0.2, 0) is 0 Å². The largest absolute Gasteiger partial charge is 0.455 e. The standard InChI is InChI=1S/C53H33N3O/c1-3-16-35(17-4-1)51-54-52(36-18-5-2-6-19-36)56-53(55-51)40-24-12-22-38(32-40)37-21-11-23-39(31-37)42-28-14-30-48-49(42)47-33-46(44-26-9-10-27-45(44)50(47)57-48)43-29-13-20-34-15-7-8-25-41(34)43/h1-33H. The van der Waals surface area contributed by atoms with E-state index < -0.39 is 0 Å². The van der Waals surface area contributed by atoms with Crippen LogP contribution in [0.3, 0.4) is 0 Å². The zero-order valence-corrected chi connectivity index (χ0v) is 30.8. The minimum Gasteiger partial charge on any atom is -0.455 e. The molecule has 0 fully saturated rings. The summed E-state index contributed by atoms with van der Waals surface area (Å²) in [5.41, 5.74) is 11.4. The molecule has 11 rings (SSSR count). The molecule has 0 spiro atoms. The van der Waals surface area contributed by atoms with Gasteiger partial charge in [0.25, 0.3) is 0 Å². The second-order valence-corrected chi connectivity index (χ2v) is 14.4. The van der Waals surface area contributed by atoms with Gasteiger partial charge in [0.05, 0.1) is 0 Å². The quantitative estimate of drug-likeness (QED) is 0.171. The molecule has 0 radical (unpaired) electrons. The van der Waals surface area contributed by atoms with E-state index in [1.54, 1.807) is 0 Å². The maximum absolute atomic E-state index is 6.75. The van der Waals surface area contributed by atoms with Gasteiger partial charge in [-0.25, -0.2) is 15.0 Å². The first-order chi connectivity index (χ1) is 28.2. The van der Waals surface area contributed by atoms with Crippen molar-refractivity contribution >= 4 is 43.5 Å². The Kier molecular flexibility index (Phi) is 7.78. The fraction of sp³-hybridized carbons (Fsp3) is 0. The highest BCUT2D eigenvalue weighted by molar-refractivity contribution is 6.23.